The fourth-order valence-corrected chi connectivity index (χ4v) is 13.7. The molecule has 14 aromatic rings. The van der Waals surface area contributed by atoms with E-state index in [9.17, 15) is 26.3 Å². The minimum absolute atomic E-state index is 0.173. The Kier molecular flexibility index (Phi) is 12.9. The second-order valence-electron chi connectivity index (χ2n) is 23.0. The van der Waals surface area contributed by atoms with Crippen molar-refractivity contribution in [3.05, 3.63) is 314 Å². The van der Waals surface area contributed by atoms with Crippen molar-refractivity contribution in [2.24, 2.45) is 0 Å². The number of hydrogen-bond donors (Lipinski definition) is 0. The number of alkyl halides is 6. The molecule has 0 unspecified atom stereocenters. The average molecular weight is 1180 g/mol. The molecule has 10 heteroatoms. The van der Waals surface area contributed by atoms with Crippen LogP contribution in [0.5, 0.6) is 0 Å². The molecule has 0 N–H and O–H groups in total. The normalized spacial score (nSPS) is 12.7. The van der Waals surface area contributed by atoms with Gasteiger partial charge in [0, 0.05) is 50.5 Å². The summed E-state index contributed by atoms with van der Waals surface area (Å²) in [4.78, 5) is 4.88. The zero-order chi connectivity index (χ0) is 60.8. The molecular formula is C80H50BF6N3. The van der Waals surface area contributed by atoms with Gasteiger partial charge in [0.15, 0.2) is 0 Å². The van der Waals surface area contributed by atoms with Gasteiger partial charge in [0.25, 0.3) is 6.71 Å². The van der Waals surface area contributed by atoms with E-state index in [1.165, 1.54) is 0 Å². The van der Waals surface area contributed by atoms with Crippen LogP contribution in [0, 0.1) is 0 Å². The maximum absolute atomic E-state index is 14.5. The minimum Gasteiger partial charge on any atom is -0.311 e. The summed E-state index contributed by atoms with van der Waals surface area (Å²) in [6.45, 7) is -0.190. The van der Waals surface area contributed by atoms with E-state index in [0.29, 0.717) is 5.69 Å². The number of anilines is 6. The maximum Gasteiger partial charge on any atom is 0.416 e. The monoisotopic (exact) mass is 1180 g/mol. The summed E-state index contributed by atoms with van der Waals surface area (Å²) in [7, 11) is 0. The third kappa shape index (κ3) is 9.33. The summed E-state index contributed by atoms with van der Waals surface area (Å²) in [6, 6.07) is 100. The van der Waals surface area contributed by atoms with Crippen LogP contribution < -0.4 is 26.2 Å². The molecule has 2 aliphatic rings. The molecule has 0 aliphatic carbocycles. The average Bonchev–Trinajstić information content (AvgIpc) is 0.793. The molecule has 3 nitrogen and oxygen atoms in total. The van der Waals surface area contributed by atoms with Crippen molar-refractivity contribution >= 4 is 79.0 Å². The number of benzene rings is 13. The molecule has 2 aliphatic heterocycles. The highest BCUT2D eigenvalue weighted by molar-refractivity contribution is 7.00. The summed E-state index contributed by atoms with van der Waals surface area (Å²) in [5, 5.41) is 1.70. The third-order valence-corrected chi connectivity index (χ3v) is 17.7. The predicted molar refractivity (Wildman–Crippen MR) is 357 cm³/mol. The quantitative estimate of drug-likeness (QED) is 0.105. The summed E-state index contributed by atoms with van der Waals surface area (Å²) >= 11 is 0. The van der Waals surface area contributed by atoms with Gasteiger partial charge in [0.1, 0.15) is 0 Å². The molecular weight excluding hydrogens is 1130 g/mol. The van der Waals surface area contributed by atoms with E-state index < -0.39 is 23.5 Å². The van der Waals surface area contributed by atoms with Crippen molar-refractivity contribution in [3.8, 4) is 72.4 Å². The molecule has 0 amide bonds. The lowest BCUT2D eigenvalue weighted by molar-refractivity contribution is -0.143. The second kappa shape index (κ2) is 21.4. The molecule has 13 aromatic carbocycles. The lowest BCUT2D eigenvalue weighted by atomic mass is 9.33. The van der Waals surface area contributed by atoms with Crippen molar-refractivity contribution in [2.75, 3.05) is 9.80 Å². The van der Waals surface area contributed by atoms with Crippen molar-refractivity contribution in [2.45, 2.75) is 12.4 Å². The minimum atomic E-state index is -5.03. The summed E-state index contributed by atoms with van der Waals surface area (Å²) in [5.74, 6) is 0. The van der Waals surface area contributed by atoms with Crippen molar-refractivity contribution in [1.82, 2.24) is 4.57 Å². The lowest BCUT2D eigenvalue weighted by Crippen LogP contribution is -2.61. The third-order valence-electron chi connectivity index (χ3n) is 17.7. The molecule has 0 fully saturated rings. The van der Waals surface area contributed by atoms with Gasteiger partial charge >= 0.3 is 12.4 Å². The summed E-state index contributed by atoms with van der Waals surface area (Å²) in [5.41, 5.74) is 19.0. The first-order valence-electron chi connectivity index (χ1n) is 29.8. The first-order valence-corrected chi connectivity index (χ1v) is 29.8. The zero-order valence-corrected chi connectivity index (χ0v) is 48.1. The van der Waals surface area contributed by atoms with E-state index in [-0.39, 0.29) is 23.9 Å². The maximum atomic E-state index is 14.5. The van der Waals surface area contributed by atoms with E-state index in [0.717, 1.165) is 140 Å². The number of rotatable bonds is 9. The Morgan fingerprint density at radius 2 is 0.644 bits per heavy atom. The molecule has 16 rings (SSSR count). The van der Waals surface area contributed by atoms with Crippen LogP contribution in [0.25, 0.3) is 94.3 Å². The van der Waals surface area contributed by atoms with Gasteiger partial charge in [-0.05, 0) is 181 Å². The lowest BCUT2D eigenvalue weighted by Gasteiger charge is -2.44. The van der Waals surface area contributed by atoms with Gasteiger partial charge < -0.3 is 14.4 Å². The first kappa shape index (κ1) is 54.3. The number of nitrogens with zero attached hydrogens (tertiary/aromatic N) is 3. The first-order chi connectivity index (χ1) is 43.9. The van der Waals surface area contributed by atoms with Gasteiger partial charge in [-0.15, -0.1) is 0 Å². The Hall–Kier alpha value is -11.1. The van der Waals surface area contributed by atoms with Gasteiger partial charge in [0.2, 0.25) is 0 Å². The Morgan fingerprint density at radius 3 is 1.11 bits per heavy atom. The van der Waals surface area contributed by atoms with Crippen LogP contribution in [0.4, 0.5) is 60.5 Å². The molecule has 1 aromatic heterocycles. The van der Waals surface area contributed by atoms with E-state index in [4.69, 9.17) is 0 Å². The molecule has 3 heterocycles. The summed E-state index contributed by atoms with van der Waals surface area (Å²) in [6.07, 6.45) is -10.1. The number of para-hydroxylation sites is 4. The van der Waals surface area contributed by atoms with E-state index >= 15 is 0 Å². The Labute approximate surface area is 516 Å². The molecule has 0 atom stereocenters. The van der Waals surface area contributed by atoms with Crippen LogP contribution in [0.2, 0.25) is 0 Å². The van der Waals surface area contributed by atoms with E-state index in [2.05, 4.69) is 216 Å². The van der Waals surface area contributed by atoms with E-state index in [1.54, 1.807) is 24.3 Å². The van der Waals surface area contributed by atoms with Gasteiger partial charge in [-0.2, -0.15) is 26.3 Å². The molecule has 90 heavy (non-hydrogen) atoms. The number of aromatic nitrogens is 1. The molecule has 0 spiro atoms. The van der Waals surface area contributed by atoms with Crippen molar-refractivity contribution in [1.29, 1.82) is 0 Å². The van der Waals surface area contributed by atoms with Crippen molar-refractivity contribution in [3.63, 3.8) is 0 Å². The van der Waals surface area contributed by atoms with E-state index in [1.807, 2.05) is 59.2 Å². The Bertz CT molecular complexity index is 4770. The summed E-state index contributed by atoms with van der Waals surface area (Å²) < 4.78 is 88.8. The van der Waals surface area contributed by atoms with Crippen LogP contribution in [0.15, 0.2) is 303 Å². The fourth-order valence-electron chi connectivity index (χ4n) is 13.7. The van der Waals surface area contributed by atoms with Gasteiger partial charge in [-0.25, -0.2) is 0 Å². The highest BCUT2D eigenvalue weighted by atomic mass is 19.4. The molecule has 0 saturated carbocycles. The topological polar surface area (TPSA) is 11.4 Å². The zero-order valence-electron chi connectivity index (χ0n) is 48.1. The smallest absolute Gasteiger partial charge is 0.311 e. The molecule has 0 bridgehead atoms. The Balaban J connectivity index is 0.973. The fraction of sp³-hybridized carbons (Fsp3) is 0.0250. The molecule has 0 radical (unpaired) electrons. The number of hydrogen-bond acceptors (Lipinski definition) is 2. The van der Waals surface area contributed by atoms with Gasteiger partial charge in [-0.1, -0.05) is 200 Å². The van der Waals surface area contributed by atoms with Crippen LogP contribution in [-0.2, 0) is 12.4 Å². The number of fused-ring (bicyclic) bond motifs is 7. The largest absolute Gasteiger partial charge is 0.416 e. The number of halogens is 6. The highest BCUT2D eigenvalue weighted by Crippen LogP contribution is 2.50. The van der Waals surface area contributed by atoms with Crippen LogP contribution in [0.1, 0.15) is 11.1 Å². The SMILES string of the molecule is FC(F)(F)c1cc(-c2ccccc2-n2c3ccccc3c3cc(-c4cc5c6c(c4)N(c4cc(-c7ccccc7)cc(-c7ccccc7)c4)c4ccccc4B6c4ccccc4N5c4cc(-c5ccccc5)cc(-c5ccccc5)c4)ccc32)cc(C(F)(F)F)c1. The van der Waals surface area contributed by atoms with Gasteiger partial charge in [-0.3, -0.25) is 0 Å². The van der Waals surface area contributed by atoms with Crippen LogP contribution in [0.3, 0.4) is 0 Å². The highest BCUT2D eigenvalue weighted by Gasteiger charge is 2.44. The van der Waals surface area contributed by atoms with Gasteiger partial charge in [0.05, 0.1) is 27.8 Å². The standard InChI is InChI=1S/C80H50BF6N3/c82-79(83,84)62-41-61(42-63(50-62)80(85,86)87)66-29-13-17-33-71(66)90-72-34-18-14-30-67(72)68-47-55(37-38-73(68)90)60-48-76-78-77(49-60)89(65-45-58(53-25-9-3-10-26-53)40-59(46-65)54-27-11-4-12-28-54)75-36-20-16-32-70(75)81(78)69-31-15-19-35-74(69)88(76)64-43-56(51-21-5-1-6-22-51)39-57(44-64)52-23-7-2-8-24-52/h1-50H. The molecule has 430 valence electrons. The molecule has 0 saturated heterocycles. The second-order valence-corrected chi connectivity index (χ2v) is 23.0. The van der Waals surface area contributed by atoms with Crippen molar-refractivity contribution < 1.29 is 26.3 Å². The van der Waals surface area contributed by atoms with Crippen LogP contribution >= 0.6 is 0 Å². The van der Waals surface area contributed by atoms with Crippen LogP contribution in [-0.4, -0.2) is 11.3 Å². The predicted octanol–water partition coefficient (Wildman–Crippen LogP) is 20.9. The Morgan fingerprint density at radius 1 is 0.256 bits per heavy atom.